The molecular formula is C16H17N7OS. The lowest BCUT2D eigenvalue weighted by Crippen LogP contribution is -2.47. The van der Waals surface area contributed by atoms with Gasteiger partial charge in [0.15, 0.2) is 11.5 Å². The van der Waals surface area contributed by atoms with Gasteiger partial charge in [-0.05, 0) is 12.8 Å². The smallest absolute Gasteiger partial charge is 0.228 e. The van der Waals surface area contributed by atoms with Crippen LogP contribution in [0.2, 0.25) is 0 Å². The second kappa shape index (κ2) is 5.76. The predicted molar refractivity (Wildman–Crippen MR) is 93.1 cm³/mol. The number of hydrogen-bond donors (Lipinski definition) is 1. The fourth-order valence-electron chi connectivity index (χ4n) is 3.90. The summed E-state index contributed by atoms with van der Waals surface area (Å²) in [4.78, 5) is 37.5. The Bertz CT molecular complexity index is 908. The van der Waals surface area contributed by atoms with Crippen LogP contribution < -0.4 is 4.90 Å². The summed E-state index contributed by atoms with van der Waals surface area (Å²) >= 11 is 1.57. The molecule has 0 saturated carbocycles. The summed E-state index contributed by atoms with van der Waals surface area (Å²) in [7, 11) is 0. The first-order valence-corrected chi connectivity index (χ1v) is 9.30. The molecule has 3 aliphatic heterocycles. The van der Waals surface area contributed by atoms with Crippen LogP contribution in [-0.4, -0.2) is 54.9 Å². The minimum absolute atomic E-state index is 0.00493. The van der Waals surface area contributed by atoms with E-state index in [-0.39, 0.29) is 17.9 Å². The number of H-pyrrole nitrogens is 1. The number of rotatable bonds is 3. The van der Waals surface area contributed by atoms with Gasteiger partial charge in [0.05, 0.1) is 30.0 Å². The number of anilines is 1. The van der Waals surface area contributed by atoms with Crippen molar-refractivity contribution < 1.29 is 4.79 Å². The Morgan fingerprint density at radius 2 is 2.16 bits per heavy atom. The first-order valence-electron chi connectivity index (χ1n) is 8.36. The summed E-state index contributed by atoms with van der Waals surface area (Å²) in [5, 5.41) is 2.02. The SMILES string of the molecule is O=C1[C@H]2CC[C@H](CN(c3ncnc4nc[nH]c34)C2)N1Cc1cscn1. The third-order valence-corrected chi connectivity index (χ3v) is 5.75. The van der Waals surface area contributed by atoms with E-state index in [1.165, 1.54) is 0 Å². The van der Waals surface area contributed by atoms with Gasteiger partial charge in [-0.1, -0.05) is 0 Å². The number of nitrogens with zero attached hydrogens (tertiary/aromatic N) is 6. The molecule has 6 rings (SSSR count). The maximum absolute atomic E-state index is 12.9. The molecule has 3 saturated heterocycles. The first kappa shape index (κ1) is 14.8. The molecule has 8 nitrogen and oxygen atoms in total. The minimum atomic E-state index is 0.00493. The van der Waals surface area contributed by atoms with Gasteiger partial charge in [-0.3, -0.25) is 4.79 Å². The van der Waals surface area contributed by atoms with E-state index in [4.69, 9.17) is 0 Å². The quantitative estimate of drug-likeness (QED) is 0.764. The van der Waals surface area contributed by atoms with Crippen molar-refractivity contribution >= 4 is 34.2 Å². The second-order valence-corrected chi connectivity index (χ2v) is 7.30. The lowest BCUT2D eigenvalue weighted by atomic mass is 9.94. The minimum Gasteiger partial charge on any atom is -0.352 e. The molecule has 0 aliphatic carbocycles. The Balaban J connectivity index is 1.48. The van der Waals surface area contributed by atoms with Crippen molar-refractivity contribution in [3.63, 3.8) is 0 Å². The van der Waals surface area contributed by atoms with Gasteiger partial charge in [0.2, 0.25) is 5.91 Å². The summed E-state index contributed by atoms with van der Waals surface area (Å²) in [5.41, 5.74) is 4.28. The fourth-order valence-corrected chi connectivity index (χ4v) is 4.45. The standard InChI is InChI=1S/C16H17N7OS/c24-16-10-1-2-12(23(16)4-11-6-25-9-21-11)5-22(3-10)15-13-14(18-7-17-13)19-8-20-15/h6-10,12H,1-5H2,(H,17,18,19,20)/t10-,12+/m0/s1. The Labute approximate surface area is 147 Å². The molecule has 0 spiro atoms. The van der Waals surface area contributed by atoms with Crippen LogP contribution in [0.5, 0.6) is 0 Å². The zero-order chi connectivity index (χ0) is 16.8. The van der Waals surface area contributed by atoms with E-state index in [0.29, 0.717) is 18.7 Å². The number of fused-ring (bicyclic) bond motifs is 5. The van der Waals surface area contributed by atoms with Crippen molar-refractivity contribution in [2.75, 3.05) is 18.0 Å². The lowest BCUT2D eigenvalue weighted by molar-refractivity contribution is -0.140. The molecule has 128 valence electrons. The van der Waals surface area contributed by atoms with Crippen LogP contribution in [-0.2, 0) is 11.3 Å². The fraction of sp³-hybridized carbons (Fsp3) is 0.438. The van der Waals surface area contributed by atoms with Crippen LogP contribution in [0.1, 0.15) is 18.5 Å². The van der Waals surface area contributed by atoms with Crippen molar-refractivity contribution in [2.45, 2.75) is 25.4 Å². The Kier molecular flexibility index (Phi) is 3.40. The number of amides is 1. The molecular weight excluding hydrogens is 338 g/mol. The summed E-state index contributed by atoms with van der Waals surface area (Å²) in [6.07, 6.45) is 5.13. The van der Waals surface area contributed by atoms with Gasteiger partial charge < -0.3 is 14.8 Å². The highest BCUT2D eigenvalue weighted by molar-refractivity contribution is 7.07. The van der Waals surface area contributed by atoms with E-state index >= 15 is 0 Å². The average molecular weight is 355 g/mol. The highest BCUT2D eigenvalue weighted by atomic mass is 32.1. The van der Waals surface area contributed by atoms with E-state index < -0.39 is 0 Å². The van der Waals surface area contributed by atoms with Crippen LogP contribution in [0.15, 0.2) is 23.5 Å². The number of nitrogens with one attached hydrogen (secondary N) is 1. The maximum atomic E-state index is 12.9. The Morgan fingerprint density at radius 3 is 3.04 bits per heavy atom. The van der Waals surface area contributed by atoms with Gasteiger partial charge in [0.25, 0.3) is 0 Å². The topological polar surface area (TPSA) is 90.9 Å². The van der Waals surface area contributed by atoms with E-state index in [1.807, 2.05) is 15.8 Å². The number of aromatic amines is 1. The normalized spacial score (nSPS) is 23.4. The third-order valence-electron chi connectivity index (χ3n) is 5.11. The van der Waals surface area contributed by atoms with E-state index in [0.717, 1.165) is 36.4 Å². The second-order valence-electron chi connectivity index (χ2n) is 6.58. The number of hydrogen-bond acceptors (Lipinski definition) is 7. The first-order chi connectivity index (χ1) is 12.3. The summed E-state index contributed by atoms with van der Waals surface area (Å²) in [5.74, 6) is 1.08. The maximum Gasteiger partial charge on any atom is 0.228 e. The Morgan fingerprint density at radius 1 is 1.20 bits per heavy atom. The molecule has 3 aliphatic rings. The molecule has 0 radical (unpaired) electrons. The molecule has 3 aromatic rings. The number of carbonyl (C=O) groups excluding carboxylic acids is 1. The van der Waals surface area contributed by atoms with Crippen LogP contribution in [0, 0.1) is 5.92 Å². The van der Waals surface area contributed by atoms with Crippen molar-refractivity contribution in [1.82, 2.24) is 29.8 Å². The van der Waals surface area contributed by atoms with Crippen LogP contribution in [0.25, 0.3) is 11.2 Å². The van der Waals surface area contributed by atoms with Gasteiger partial charge in [-0.25, -0.2) is 19.9 Å². The van der Waals surface area contributed by atoms with Gasteiger partial charge in [-0.15, -0.1) is 11.3 Å². The number of thiazole rings is 1. The number of piperidine rings is 1. The highest BCUT2D eigenvalue weighted by Crippen LogP contribution is 2.33. The van der Waals surface area contributed by atoms with Crippen LogP contribution in [0.4, 0.5) is 5.82 Å². The average Bonchev–Trinajstić information content (AvgIpc) is 3.24. The molecule has 0 unspecified atom stereocenters. The summed E-state index contributed by atoms with van der Waals surface area (Å²) in [6, 6.07) is 0.181. The summed E-state index contributed by atoms with van der Waals surface area (Å²) < 4.78 is 0. The summed E-state index contributed by atoms with van der Waals surface area (Å²) in [6.45, 7) is 2.06. The van der Waals surface area contributed by atoms with Gasteiger partial charge >= 0.3 is 0 Å². The number of carbonyl (C=O) groups is 1. The monoisotopic (exact) mass is 355 g/mol. The molecule has 3 fully saturated rings. The van der Waals surface area contributed by atoms with Crippen molar-refractivity contribution in [3.8, 4) is 0 Å². The molecule has 3 aromatic heterocycles. The van der Waals surface area contributed by atoms with Gasteiger partial charge in [-0.2, -0.15) is 0 Å². The van der Waals surface area contributed by atoms with E-state index in [2.05, 4.69) is 29.8 Å². The van der Waals surface area contributed by atoms with Crippen LogP contribution >= 0.6 is 11.3 Å². The molecule has 25 heavy (non-hydrogen) atoms. The number of imidazole rings is 1. The van der Waals surface area contributed by atoms with Crippen molar-refractivity contribution in [2.24, 2.45) is 5.92 Å². The molecule has 1 N–H and O–H groups in total. The predicted octanol–water partition coefficient (Wildman–Crippen LogP) is 1.44. The van der Waals surface area contributed by atoms with Gasteiger partial charge in [0.1, 0.15) is 11.8 Å². The molecule has 2 bridgehead atoms. The van der Waals surface area contributed by atoms with Crippen molar-refractivity contribution in [3.05, 3.63) is 29.2 Å². The van der Waals surface area contributed by atoms with E-state index in [9.17, 15) is 4.79 Å². The molecule has 2 atom stereocenters. The highest BCUT2D eigenvalue weighted by Gasteiger charge is 2.41. The molecule has 9 heteroatoms. The molecule has 0 aromatic carbocycles. The zero-order valence-electron chi connectivity index (χ0n) is 13.5. The molecule has 6 heterocycles. The third kappa shape index (κ3) is 2.46. The van der Waals surface area contributed by atoms with Crippen molar-refractivity contribution in [1.29, 1.82) is 0 Å². The molecule has 1 amide bonds. The van der Waals surface area contributed by atoms with Crippen LogP contribution in [0.3, 0.4) is 0 Å². The van der Waals surface area contributed by atoms with E-state index in [1.54, 1.807) is 24.0 Å². The lowest BCUT2D eigenvalue weighted by Gasteiger charge is -2.35. The zero-order valence-corrected chi connectivity index (χ0v) is 14.3. The largest absolute Gasteiger partial charge is 0.352 e. The Hall–Kier alpha value is -2.55. The number of aromatic nitrogens is 5. The van der Waals surface area contributed by atoms with Gasteiger partial charge in [0, 0.05) is 24.5 Å².